The predicted molar refractivity (Wildman–Crippen MR) is 364 cm³/mol. The normalized spacial score (nSPS) is 17.2. The summed E-state index contributed by atoms with van der Waals surface area (Å²) in [4.78, 5) is 0. The quantitative estimate of drug-likeness (QED) is 0.0533. The Labute approximate surface area is 496 Å². The second kappa shape index (κ2) is 28.8. The van der Waals surface area contributed by atoms with Gasteiger partial charge in [0.1, 0.15) is 0 Å². The van der Waals surface area contributed by atoms with Gasteiger partial charge in [0, 0.05) is 0 Å². The molecule has 0 aliphatic carbocycles. The molecule has 0 bridgehead atoms. The van der Waals surface area contributed by atoms with Crippen molar-refractivity contribution in [1.29, 1.82) is 0 Å². The van der Waals surface area contributed by atoms with Crippen LogP contribution in [0.25, 0.3) is 0 Å². The summed E-state index contributed by atoms with van der Waals surface area (Å²) in [6.07, 6.45) is 0. The van der Waals surface area contributed by atoms with Gasteiger partial charge in [0.05, 0.1) is 0 Å². The van der Waals surface area contributed by atoms with Gasteiger partial charge in [-0.05, 0) is 249 Å². The van der Waals surface area contributed by atoms with Crippen LogP contribution in [-0.2, 0) is 78.2 Å². The minimum atomic E-state index is -2.84. The molecule has 0 aromatic rings. The van der Waals surface area contributed by atoms with Crippen LogP contribution in [0.4, 0.5) is 0 Å². The van der Waals surface area contributed by atoms with Crippen molar-refractivity contribution in [2.24, 2.45) is 0 Å². The first-order chi connectivity index (χ1) is 33.2. The summed E-state index contributed by atoms with van der Waals surface area (Å²) in [5.41, 5.74) is 0. The van der Waals surface area contributed by atoms with E-state index in [0.717, 1.165) is 0 Å². The second-order valence-electron chi connectivity index (χ2n) is 28.2. The largest absolute Gasteiger partial charge is 0.439 e. The van der Waals surface area contributed by atoms with Crippen LogP contribution < -0.4 is 0 Å². The van der Waals surface area contributed by atoms with Gasteiger partial charge < -0.3 is 78.2 Å². The van der Waals surface area contributed by atoms with Crippen LogP contribution in [0, 0.1) is 0 Å². The summed E-state index contributed by atoms with van der Waals surface area (Å²) in [5, 5.41) is 0. The average molecular weight is 1440 g/mol. The van der Waals surface area contributed by atoms with Gasteiger partial charge in [-0.15, -0.1) is 0 Å². The Morgan fingerprint density at radius 1 is 0.156 bits per heavy atom. The molecule has 0 fully saturated rings. The summed E-state index contributed by atoms with van der Waals surface area (Å²) >= 11 is 0. The van der Waals surface area contributed by atoms with Gasteiger partial charge in [-0.3, -0.25) is 0 Å². The molecule has 464 valence electrons. The molecule has 39 heteroatoms. The molecule has 0 rings (SSSR count). The Morgan fingerprint density at radius 2 is 0.299 bits per heavy atom. The highest BCUT2D eigenvalue weighted by Gasteiger charge is 2.53. The van der Waals surface area contributed by atoms with E-state index in [2.05, 4.69) is 229 Å². The third-order valence-electron chi connectivity index (χ3n) is 9.06. The summed E-state index contributed by atoms with van der Waals surface area (Å²) in [6.45, 7) is 79.1. The van der Waals surface area contributed by atoms with E-state index in [-0.39, 0.29) is 0 Å². The lowest BCUT2D eigenvalue weighted by molar-refractivity contribution is 0.250. The zero-order chi connectivity index (χ0) is 61.7. The van der Waals surface area contributed by atoms with E-state index in [9.17, 15) is 0 Å². The fraction of sp³-hybridized carbons (Fsp3) is 1.00. The maximum atomic E-state index is 6.92. The molecule has 0 aliphatic heterocycles. The lowest BCUT2D eigenvalue weighted by atomic mass is 11.8. The molecule has 0 saturated carbocycles. The minimum absolute atomic E-state index is 1.66. The van der Waals surface area contributed by atoms with E-state index in [1.54, 1.807) is 0 Å². The summed E-state index contributed by atoms with van der Waals surface area (Å²) in [6, 6.07) is 0. The molecule has 4 unspecified atom stereocenters. The average Bonchev–Trinajstić information content (AvgIpc) is 2.92. The summed E-state index contributed by atoms with van der Waals surface area (Å²) < 4.78 is 127. The van der Waals surface area contributed by atoms with E-state index in [0.29, 0.717) is 0 Å². The number of hydrogen-bond donors (Lipinski definition) is 0. The Hall–Kier alpha value is 3.58. The molecule has 0 aromatic heterocycles. The highest BCUT2D eigenvalue weighted by atomic mass is 28.5. The van der Waals surface area contributed by atoms with E-state index in [1.165, 1.54) is 0 Å². The molecular weight excluding hydrogens is 1320 g/mol. The zero-order valence-corrected chi connectivity index (χ0v) is 76.7. The molecule has 0 aromatic carbocycles. The highest BCUT2D eigenvalue weighted by Crippen LogP contribution is 2.33. The third-order valence-corrected chi connectivity index (χ3v) is 81.6. The van der Waals surface area contributed by atoms with Crippen molar-refractivity contribution in [2.75, 3.05) is 0 Å². The first-order valence-corrected chi connectivity index (χ1v) is 82.0. The van der Waals surface area contributed by atoms with Crippen molar-refractivity contribution >= 4 is 174 Å². The van der Waals surface area contributed by atoms with Crippen molar-refractivity contribution in [3.05, 3.63) is 0 Å². The lowest BCUT2D eigenvalue weighted by Crippen LogP contribution is -2.63. The van der Waals surface area contributed by atoms with Crippen molar-refractivity contribution in [1.82, 2.24) is 0 Å². The molecule has 4 atom stereocenters. The van der Waals surface area contributed by atoms with Crippen LogP contribution in [0.1, 0.15) is 0 Å². The predicted octanol–water partition coefficient (Wildman–Crippen LogP) is 12.2. The van der Waals surface area contributed by atoms with E-state index >= 15 is 0 Å². The van der Waals surface area contributed by atoms with Crippen LogP contribution in [0.15, 0.2) is 0 Å². The van der Waals surface area contributed by atoms with Gasteiger partial charge in [-0.2, -0.15) is 0 Å². The van der Waals surface area contributed by atoms with Crippen molar-refractivity contribution < 1.29 is 78.2 Å². The highest BCUT2D eigenvalue weighted by molar-refractivity contribution is 6.95. The van der Waals surface area contributed by atoms with Crippen LogP contribution in [0.3, 0.4) is 0 Å². The fourth-order valence-electron chi connectivity index (χ4n) is 10.6. The fourth-order valence-corrected chi connectivity index (χ4v) is 102. The lowest BCUT2D eigenvalue weighted by Gasteiger charge is -2.45. The first-order valence-electron chi connectivity index (χ1n) is 27.3. The van der Waals surface area contributed by atoms with Crippen molar-refractivity contribution in [2.45, 2.75) is 249 Å². The van der Waals surface area contributed by atoms with Gasteiger partial charge in [0.15, 0.2) is 16.6 Å². The molecule has 0 aliphatic rings. The molecular formula is C38H118O19Si20. The molecule has 77 heavy (non-hydrogen) atoms. The number of hydrogen-bond acceptors (Lipinski definition) is 19. The van der Waals surface area contributed by atoms with Crippen molar-refractivity contribution in [3.8, 4) is 0 Å². The Kier molecular flexibility index (Phi) is 30.2. The van der Waals surface area contributed by atoms with Gasteiger partial charge in [0.25, 0.3) is 37.1 Å². The van der Waals surface area contributed by atoms with E-state index in [1.807, 2.05) is 19.6 Å². The second-order valence-corrected chi connectivity index (χ2v) is 96.9. The molecule has 0 amide bonds. The maximum absolute atomic E-state index is 6.92. The SMILES string of the molecule is C[SiH](O[SiH](C)O[SiH](C)O[Si](C)(C)O[Si](C)(C)O[Si](C)(C)O[Si](C)(C)O[Si](C)(C)O[Si](C)(C)O[Si](C)(C)O[Si](C)(C)O[Si](C)(C)O[Si](C)(C)O[Si](C)(C)O[Si](C)(C)O[Si](C)(C)O[Si](C)(C)O[Si](C)(C)C)O[SiH](C)O[Si](C)(C)C. The molecule has 0 heterocycles. The Morgan fingerprint density at radius 3 is 0.468 bits per heavy atom. The Balaban J connectivity index is 5.64. The van der Waals surface area contributed by atoms with Crippen LogP contribution in [-0.4, -0.2) is 174 Å². The smallest absolute Gasteiger partial charge is 0.314 e. The molecule has 19 nitrogen and oxygen atoms in total. The molecule has 0 radical (unpaired) electrons. The summed E-state index contributed by atoms with van der Waals surface area (Å²) in [7, 11) is -49.6. The van der Waals surface area contributed by atoms with E-state index < -0.39 is 174 Å². The van der Waals surface area contributed by atoms with Gasteiger partial charge in [-0.25, -0.2) is 0 Å². The number of rotatable bonds is 38. The van der Waals surface area contributed by atoms with Crippen LogP contribution in [0.5, 0.6) is 0 Å². The third kappa shape index (κ3) is 39.9. The summed E-state index contributed by atoms with van der Waals surface area (Å²) in [5.74, 6) is 0. The topological polar surface area (TPSA) is 175 Å². The maximum Gasteiger partial charge on any atom is 0.314 e. The van der Waals surface area contributed by atoms with Crippen LogP contribution in [0.2, 0.25) is 249 Å². The first kappa shape index (κ1) is 80.6. The van der Waals surface area contributed by atoms with Gasteiger partial charge in [-0.1, -0.05) is 0 Å². The monoisotopic (exact) mass is 1440 g/mol. The minimum Gasteiger partial charge on any atom is -0.439 e. The molecule has 0 saturated heterocycles. The zero-order valence-electron chi connectivity index (χ0n) is 56.1. The Bertz CT molecular complexity index is 1820. The standard InChI is InChI=1S/C38H118O19Si20/c1-58(40-60(3)42-62(5,6)7)39-59(2)41-61(4)43-64(11,12)45-66(15,16)47-68(19,20)49-70(23,24)51-72(27,28)53-74(31,32)55-76(35,36)57-77(37,38)56-75(33,34)54-73(29,30)52-71(25,26)50-69(21,22)48-67(17,18)46-65(13,14)44-63(8,9)10/h58-61H,1-38H3. The van der Waals surface area contributed by atoms with Crippen LogP contribution >= 0.6 is 0 Å². The van der Waals surface area contributed by atoms with Crippen molar-refractivity contribution in [3.63, 3.8) is 0 Å². The van der Waals surface area contributed by atoms with E-state index in [4.69, 9.17) is 78.2 Å². The van der Waals surface area contributed by atoms with Gasteiger partial charge in [0.2, 0.25) is 0 Å². The molecule has 0 spiro atoms. The molecule has 0 N–H and O–H groups in total. The van der Waals surface area contributed by atoms with Gasteiger partial charge >= 0.3 is 120 Å².